The molecule has 0 aliphatic carbocycles. The van der Waals surface area contributed by atoms with E-state index in [9.17, 15) is 18.0 Å². The minimum absolute atomic E-state index is 0.0798. The first-order chi connectivity index (χ1) is 9.80. The van der Waals surface area contributed by atoms with Crippen LogP contribution in [0.25, 0.3) is 0 Å². The van der Waals surface area contributed by atoms with Crippen molar-refractivity contribution >= 4 is 37.3 Å². The second-order valence-electron chi connectivity index (χ2n) is 4.67. The van der Waals surface area contributed by atoms with Crippen molar-refractivity contribution in [3.63, 3.8) is 0 Å². The Morgan fingerprint density at radius 1 is 1.57 bits per heavy atom. The number of ether oxygens (including phenoxy) is 1. The van der Waals surface area contributed by atoms with Gasteiger partial charge in [0.05, 0.1) is 12.9 Å². The molecule has 0 N–H and O–H groups in total. The lowest BCUT2D eigenvalue weighted by molar-refractivity contribution is -0.117. The van der Waals surface area contributed by atoms with E-state index in [0.29, 0.717) is 5.69 Å². The highest BCUT2D eigenvalue weighted by Gasteiger charge is 2.33. The molecule has 1 saturated heterocycles. The summed E-state index contributed by atoms with van der Waals surface area (Å²) in [7, 11) is 2.79. The van der Waals surface area contributed by atoms with E-state index in [2.05, 4.69) is 9.72 Å². The lowest BCUT2D eigenvalue weighted by Gasteiger charge is -2.16. The second-order valence-corrected chi connectivity index (χ2v) is 7.49. The molecule has 0 aromatic carbocycles. The van der Waals surface area contributed by atoms with E-state index >= 15 is 0 Å². The first-order valence-corrected chi connectivity index (χ1v) is 8.55. The number of rotatable bonds is 4. The van der Waals surface area contributed by atoms with Crippen molar-refractivity contribution in [1.29, 1.82) is 0 Å². The summed E-state index contributed by atoms with van der Waals surface area (Å²) in [6.45, 7) is 0.232. The molecule has 1 unspecified atom stereocenters. The minimum atomic E-state index is -3.66. The average Bonchev–Trinajstić information content (AvgIpc) is 2.76. The molecule has 0 spiro atoms. The predicted molar refractivity (Wildman–Crippen MR) is 75.7 cm³/mol. The predicted octanol–water partition coefficient (Wildman–Crippen LogP) is 0.790. The number of methoxy groups -OCH3 is 1. The maximum Gasteiger partial charge on any atom is 0.356 e. The fourth-order valence-corrected chi connectivity index (χ4v) is 3.55. The number of esters is 1. The van der Waals surface area contributed by atoms with E-state index in [1.807, 2.05) is 0 Å². The third-order valence-electron chi connectivity index (χ3n) is 3.09. The van der Waals surface area contributed by atoms with Gasteiger partial charge in [0.25, 0.3) is 0 Å². The number of carbonyl (C=O) groups excluding carboxylic acids is 2. The van der Waals surface area contributed by atoms with Crippen molar-refractivity contribution < 1.29 is 22.7 Å². The Bertz CT molecular complexity index is 676. The van der Waals surface area contributed by atoms with Crippen molar-refractivity contribution in [2.24, 2.45) is 5.92 Å². The van der Waals surface area contributed by atoms with Gasteiger partial charge in [-0.15, -0.1) is 0 Å². The molecule has 1 aliphatic heterocycles. The van der Waals surface area contributed by atoms with Crippen molar-refractivity contribution in [1.82, 2.24) is 4.98 Å². The third kappa shape index (κ3) is 3.92. The van der Waals surface area contributed by atoms with Crippen LogP contribution in [-0.4, -0.2) is 44.7 Å². The van der Waals surface area contributed by atoms with Gasteiger partial charge < -0.3 is 9.64 Å². The van der Waals surface area contributed by atoms with Gasteiger partial charge in [-0.25, -0.2) is 18.2 Å². The quantitative estimate of drug-likeness (QED) is 0.597. The van der Waals surface area contributed by atoms with Crippen molar-refractivity contribution in [3.8, 4) is 0 Å². The first-order valence-electron chi connectivity index (χ1n) is 6.07. The van der Waals surface area contributed by atoms with Gasteiger partial charge in [-0.1, -0.05) is 0 Å². The number of carbonyl (C=O) groups is 2. The zero-order chi connectivity index (χ0) is 15.6. The second kappa shape index (κ2) is 5.98. The van der Waals surface area contributed by atoms with E-state index in [-0.39, 0.29) is 36.2 Å². The molecule has 21 heavy (non-hydrogen) atoms. The highest BCUT2D eigenvalue weighted by molar-refractivity contribution is 8.13. The molecule has 1 amide bonds. The molecule has 2 heterocycles. The standard InChI is InChI=1S/C12H13ClN2O5S/c1-20-12(17)10-5-9(2-3-14-10)15-6-8(4-11(15)16)7-21(13,18)19/h2-3,5,8H,4,6-7H2,1H3. The molecule has 1 aliphatic rings. The summed E-state index contributed by atoms with van der Waals surface area (Å²) in [5.74, 6) is -1.45. The molecule has 1 aromatic rings. The Morgan fingerprint density at radius 2 is 2.29 bits per heavy atom. The molecule has 0 bridgehead atoms. The molecule has 2 rings (SSSR count). The summed E-state index contributed by atoms with van der Waals surface area (Å²) in [5, 5.41) is 0. The number of halogens is 1. The Labute approximate surface area is 126 Å². The lowest BCUT2D eigenvalue weighted by atomic mass is 10.1. The van der Waals surface area contributed by atoms with Crippen molar-refractivity contribution in [2.45, 2.75) is 6.42 Å². The molecule has 1 aromatic heterocycles. The van der Waals surface area contributed by atoms with Gasteiger partial charge in [0, 0.05) is 41.5 Å². The summed E-state index contributed by atoms with van der Waals surface area (Å²) >= 11 is 0. The number of nitrogens with zero attached hydrogens (tertiary/aromatic N) is 2. The average molecular weight is 333 g/mol. The van der Waals surface area contributed by atoms with Gasteiger partial charge in [-0.2, -0.15) is 0 Å². The van der Waals surface area contributed by atoms with Crippen LogP contribution in [0.3, 0.4) is 0 Å². The topological polar surface area (TPSA) is 93.6 Å². The number of aromatic nitrogens is 1. The van der Waals surface area contributed by atoms with Gasteiger partial charge >= 0.3 is 5.97 Å². The Kier molecular flexibility index (Phi) is 4.48. The molecule has 0 saturated carbocycles. The fraction of sp³-hybridized carbons (Fsp3) is 0.417. The third-order valence-corrected chi connectivity index (χ3v) is 4.34. The zero-order valence-electron chi connectivity index (χ0n) is 11.2. The van der Waals surface area contributed by atoms with E-state index in [4.69, 9.17) is 10.7 Å². The largest absolute Gasteiger partial charge is 0.464 e. The Hall–Kier alpha value is -1.67. The van der Waals surface area contributed by atoms with Crippen LogP contribution in [0, 0.1) is 5.92 Å². The monoisotopic (exact) mass is 332 g/mol. The van der Waals surface area contributed by atoms with Crippen LogP contribution in [0.15, 0.2) is 18.3 Å². The first kappa shape index (κ1) is 15.7. The van der Waals surface area contributed by atoms with E-state index in [0.717, 1.165) is 0 Å². The van der Waals surface area contributed by atoms with Gasteiger partial charge in [0.15, 0.2) is 0 Å². The minimum Gasteiger partial charge on any atom is -0.464 e. The van der Waals surface area contributed by atoms with Crippen molar-refractivity contribution in [3.05, 3.63) is 24.0 Å². The smallest absolute Gasteiger partial charge is 0.356 e. The molecule has 0 radical (unpaired) electrons. The summed E-state index contributed by atoms with van der Waals surface area (Å²) in [6, 6.07) is 3.00. The van der Waals surface area contributed by atoms with Crippen LogP contribution in [0.1, 0.15) is 16.9 Å². The molecular formula is C12H13ClN2O5S. The SMILES string of the molecule is COC(=O)c1cc(N2CC(CS(=O)(=O)Cl)CC2=O)ccn1. The number of hydrogen-bond acceptors (Lipinski definition) is 6. The van der Waals surface area contributed by atoms with Crippen LogP contribution >= 0.6 is 10.7 Å². The van der Waals surface area contributed by atoms with Gasteiger partial charge in [-0.3, -0.25) is 4.79 Å². The number of amides is 1. The lowest BCUT2D eigenvalue weighted by Crippen LogP contribution is -2.25. The number of anilines is 1. The number of pyridine rings is 1. The van der Waals surface area contributed by atoms with Gasteiger partial charge in [0.1, 0.15) is 5.69 Å². The summed E-state index contributed by atoms with van der Waals surface area (Å²) in [6.07, 6.45) is 1.49. The number of hydrogen-bond donors (Lipinski definition) is 0. The maximum absolute atomic E-state index is 12.0. The summed E-state index contributed by atoms with van der Waals surface area (Å²) in [5.41, 5.74) is 0.557. The molecule has 114 valence electrons. The maximum atomic E-state index is 12.0. The Balaban J connectivity index is 2.19. The molecule has 9 heteroatoms. The highest BCUT2D eigenvalue weighted by Crippen LogP contribution is 2.26. The van der Waals surface area contributed by atoms with Crippen molar-refractivity contribution in [2.75, 3.05) is 24.3 Å². The molecule has 7 nitrogen and oxygen atoms in total. The molecule has 1 fully saturated rings. The Morgan fingerprint density at radius 3 is 2.90 bits per heavy atom. The van der Waals surface area contributed by atoms with Crippen LogP contribution < -0.4 is 4.90 Å². The zero-order valence-corrected chi connectivity index (χ0v) is 12.7. The van der Waals surface area contributed by atoms with Gasteiger partial charge in [-0.05, 0) is 12.1 Å². The van der Waals surface area contributed by atoms with E-state index in [1.54, 1.807) is 6.07 Å². The normalized spacial score (nSPS) is 18.9. The van der Waals surface area contributed by atoms with Gasteiger partial charge in [0.2, 0.25) is 15.0 Å². The van der Waals surface area contributed by atoms with E-state index < -0.39 is 15.0 Å². The molecule has 1 atom stereocenters. The highest BCUT2D eigenvalue weighted by atomic mass is 35.7. The summed E-state index contributed by atoms with van der Waals surface area (Å²) < 4.78 is 26.7. The fourth-order valence-electron chi connectivity index (χ4n) is 2.23. The van der Waals surface area contributed by atoms with E-state index in [1.165, 1.54) is 24.3 Å². The van der Waals surface area contributed by atoms with Crippen LogP contribution in [-0.2, 0) is 18.6 Å². The van der Waals surface area contributed by atoms with Crippen LogP contribution in [0.5, 0.6) is 0 Å². The van der Waals surface area contributed by atoms with Crippen LogP contribution in [0.4, 0.5) is 5.69 Å². The summed E-state index contributed by atoms with van der Waals surface area (Å²) in [4.78, 5) is 28.7. The van der Waals surface area contributed by atoms with Crippen LogP contribution in [0.2, 0.25) is 0 Å². The molecular weight excluding hydrogens is 320 g/mol.